The van der Waals surface area contributed by atoms with Gasteiger partial charge in [-0.2, -0.15) is 0 Å². The summed E-state index contributed by atoms with van der Waals surface area (Å²) in [6, 6.07) is 15.7. The van der Waals surface area contributed by atoms with E-state index in [-0.39, 0.29) is 24.8 Å². The van der Waals surface area contributed by atoms with E-state index in [1.165, 1.54) is 5.56 Å². The number of rotatable bonds is 4. The molecule has 0 bridgehead atoms. The van der Waals surface area contributed by atoms with Gasteiger partial charge in [0.2, 0.25) is 6.79 Å². The Hall–Kier alpha value is -2.53. The van der Waals surface area contributed by atoms with Crippen LogP contribution in [0, 0.1) is 0 Å². The van der Waals surface area contributed by atoms with Crippen molar-refractivity contribution in [1.82, 2.24) is 4.90 Å². The molecule has 1 fully saturated rings. The summed E-state index contributed by atoms with van der Waals surface area (Å²) < 4.78 is 16.5. The van der Waals surface area contributed by atoms with Crippen molar-refractivity contribution in [2.24, 2.45) is 0 Å². The lowest BCUT2D eigenvalue weighted by atomic mass is 10.1. The summed E-state index contributed by atoms with van der Waals surface area (Å²) in [4.78, 5) is 14.9. The molecule has 0 amide bonds. The Morgan fingerprint density at radius 1 is 1.12 bits per heavy atom. The van der Waals surface area contributed by atoms with E-state index in [9.17, 15) is 4.79 Å². The van der Waals surface area contributed by atoms with Crippen LogP contribution in [0.3, 0.4) is 0 Å². The van der Waals surface area contributed by atoms with Gasteiger partial charge in [-0.25, -0.2) is 0 Å². The first-order valence-corrected chi connectivity index (χ1v) is 8.84. The van der Waals surface area contributed by atoms with E-state index >= 15 is 0 Å². The molecule has 0 radical (unpaired) electrons. The molecular formula is C21H23NO4. The summed E-state index contributed by atoms with van der Waals surface area (Å²) in [5.74, 6) is 1.30. The Labute approximate surface area is 153 Å². The molecule has 0 aliphatic carbocycles. The molecule has 0 spiro atoms. The van der Waals surface area contributed by atoms with Crippen LogP contribution in [0.15, 0.2) is 48.5 Å². The number of ether oxygens (including phenoxy) is 3. The zero-order valence-electron chi connectivity index (χ0n) is 15.3. The van der Waals surface area contributed by atoms with Crippen LogP contribution in [0.1, 0.15) is 37.9 Å². The number of hydrogen-bond acceptors (Lipinski definition) is 5. The predicted octanol–water partition coefficient (Wildman–Crippen LogP) is 3.68. The van der Waals surface area contributed by atoms with Crippen molar-refractivity contribution in [1.29, 1.82) is 0 Å². The molecule has 2 heterocycles. The van der Waals surface area contributed by atoms with Crippen molar-refractivity contribution >= 4 is 5.97 Å². The lowest BCUT2D eigenvalue weighted by molar-refractivity contribution is -0.155. The van der Waals surface area contributed by atoms with Crippen molar-refractivity contribution < 1.29 is 19.0 Å². The molecule has 136 valence electrons. The van der Waals surface area contributed by atoms with E-state index in [1.807, 2.05) is 57.2 Å². The van der Waals surface area contributed by atoms with E-state index in [4.69, 9.17) is 14.2 Å². The molecule has 4 rings (SSSR count). The Morgan fingerprint density at radius 2 is 1.85 bits per heavy atom. The molecule has 3 atom stereocenters. The highest BCUT2D eigenvalue weighted by Crippen LogP contribution is 2.47. The number of fused-ring (bicyclic) bond motifs is 1. The molecule has 5 nitrogen and oxygen atoms in total. The number of nitrogens with zero attached hydrogens (tertiary/aromatic N) is 1. The third-order valence-electron chi connectivity index (χ3n) is 4.52. The molecule has 26 heavy (non-hydrogen) atoms. The monoisotopic (exact) mass is 353 g/mol. The maximum Gasteiger partial charge on any atom is 0.325 e. The minimum absolute atomic E-state index is 0.0143. The Kier molecular flexibility index (Phi) is 4.11. The molecule has 2 aliphatic rings. The minimum atomic E-state index is -0.502. The third-order valence-corrected chi connectivity index (χ3v) is 4.52. The van der Waals surface area contributed by atoms with Gasteiger partial charge in [-0.1, -0.05) is 36.4 Å². The maximum absolute atomic E-state index is 12.7. The van der Waals surface area contributed by atoms with Gasteiger partial charge in [0, 0.05) is 6.54 Å². The van der Waals surface area contributed by atoms with E-state index in [1.54, 1.807) is 0 Å². The van der Waals surface area contributed by atoms with Gasteiger partial charge < -0.3 is 14.2 Å². The molecule has 0 saturated carbocycles. The largest absolute Gasteiger partial charge is 0.459 e. The van der Waals surface area contributed by atoms with Crippen LogP contribution in [0.4, 0.5) is 0 Å². The number of esters is 1. The van der Waals surface area contributed by atoms with Gasteiger partial charge in [0.1, 0.15) is 11.6 Å². The zero-order chi connectivity index (χ0) is 18.3. The second-order valence-electron chi connectivity index (χ2n) is 7.69. The summed E-state index contributed by atoms with van der Waals surface area (Å²) in [7, 11) is 0. The Morgan fingerprint density at radius 3 is 2.58 bits per heavy atom. The van der Waals surface area contributed by atoms with Gasteiger partial charge in [0.05, 0.1) is 6.04 Å². The highest BCUT2D eigenvalue weighted by molar-refractivity contribution is 5.81. The van der Waals surface area contributed by atoms with Crippen molar-refractivity contribution in [2.45, 2.75) is 45.0 Å². The normalized spacial score (nSPS) is 23.6. The fraction of sp³-hybridized carbons (Fsp3) is 0.381. The van der Waals surface area contributed by atoms with E-state index in [2.05, 4.69) is 17.0 Å². The average molecular weight is 353 g/mol. The second kappa shape index (κ2) is 6.32. The first kappa shape index (κ1) is 16.9. The van der Waals surface area contributed by atoms with Crippen molar-refractivity contribution in [3.05, 3.63) is 59.7 Å². The van der Waals surface area contributed by atoms with E-state index in [0.717, 1.165) is 17.1 Å². The first-order valence-electron chi connectivity index (χ1n) is 8.84. The highest BCUT2D eigenvalue weighted by Gasteiger charge is 2.55. The van der Waals surface area contributed by atoms with Crippen molar-refractivity contribution in [3.8, 4) is 11.5 Å². The first-order chi connectivity index (χ1) is 12.4. The summed E-state index contributed by atoms with van der Waals surface area (Å²) in [5.41, 5.74) is 1.71. The quantitative estimate of drug-likeness (QED) is 0.620. The van der Waals surface area contributed by atoms with Gasteiger partial charge in [0.25, 0.3) is 0 Å². The van der Waals surface area contributed by atoms with Crippen LogP contribution < -0.4 is 9.47 Å². The maximum atomic E-state index is 12.7. The standard InChI is InChI=1S/C21H23NO4/c1-21(2,3)26-20(23)19-18(22(19)12-14-7-5-4-6-8-14)15-9-10-16-17(11-15)25-13-24-16/h4-11,18-19H,12-13H2,1-3H3/t18-,19+,22?/m0/s1. The van der Waals surface area contributed by atoms with Gasteiger partial charge in [-0.15, -0.1) is 0 Å². The van der Waals surface area contributed by atoms with Crippen LogP contribution in [-0.4, -0.2) is 29.3 Å². The summed E-state index contributed by atoms with van der Waals surface area (Å²) >= 11 is 0. The molecule has 2 aliphatic heterocycles. The van der Waals surface area contributed by atoms with Crippen LogP contribution in [0.25, 0.3) is 0 Å². The molecule has 2 aromatic rings. The smallest absolute Gasteiger partial charge is 0.325 e. The predicted molar refractivity (Wildman–Crippen MR) is 96.9 cm³/mol. The summed E-state index contributed by atoms with van der Waals surface area (Å²) in [5, 5.41) is 0. The molecule has 2 aromatic carbocycles. The van der Waals surface area contributed by atoms with Crippen molar-refractivity contribution in [2.75, 3.05) is 6.79 Å². The fourth-order valence-corrected chi connectivity index (χ4v) is 3.36. The van der Waals surface area contributed by atoms with Gasteiger partial charge in [-0.3, -0.25) is 9.69 Å². The molecule has 1 saturated heterocycles. The van der Waals surface area contributed by atoms with Gasteiger partial charge in [0.15, 0.2) is 11.5 Å². The molecule has 0 aromatic heterocycles. The minimum Gasteiger partial charge on any atom is -0.459 e. The number of carbonyl (C=O) groups is 1. The Balaban J connectivity index is 1.58. The number of carbonyl (C=O) groups excluding carboxylic acids is 1. The van der Waals surface area contributed by atoms with Crippen molar-refractivity contribution in [3.63, 3.8) is 0 Å². The lowest BCUT2D eigenvalue weighted by Gasteiger charge is -2.19. The summed E-state index contributed by atoms with van der Waals surface area (Å²) in [6.45, 7) is 6.62. The molecule has 0 N–H and O–H groups in total. The van der Waals surface area contributed by atoms with Crippen LogP contribution >= 0.6 is 0 Å². The molecule has 5 heteroatoms. The van der Waals surface area contributed by atoms with E-state index < -0.39 is 5.60 Å². The number of benzene rings is 2. The number of hydrogen-bond donors (Lipinski definition) is 0. The summed E-state index contributed by atoms with van der Waals surface area (Å²) in [6.07, 6.45) is 0. The molecular weight excluding hydrogens is 330 g/mol. The highest BCUT2D eigenvalue weighted by atomic mass is 16.7. The zero-order valence-corrected chi connectivity index (χ0v) is 15.3. The topological polar surface area (TPSA) is 47.8 Å². The lowest BCUT2D eigenvalue weighted by Crippen LogP contribution is -2.28. The van der Waals surface area contributed by atoms with Gasteiger partial charge >= 0.3 is 5.97 Å². The average Bonchev–Trinajstić information content (AvgIpc) is 3.09. The van der Waals surface area contributed by atoms with Crippen LogP contribution in [-0.2, 0) is 16.1 Å². The van der Waals surface area contributed by atoms with E-state index in [0.29, 0.717) is 6.54 Å². The van der Waals surface area contributed by atoms with Crippen LogP contribution in [0.2, 0.25) is 0 Å². The fourth-order valence-electron chi connectivity index (χ4n) is 3.36. The van der Waals surface area contributed by atoms with Crippen LogP contribution in [0.5, 0.6) is 11.5 Å². The molecule has 1 unspecified atom stereocenters. The Bertz CT molecular complexity index is 813. The third kappa shape index (κ3) is 3.40. The SMILES string of the molecule is CC(C)(C)OC(=O)[C@H]1[C@H](c2ccc3c(c2)OCO3)N1Cc1ccccc1. The second-order valence-corrected chi connectivity index (χ2v) is 7.69. The van der Waals surface area contributed by atoms with Gasteiger partial charge in [-0.05, 0) is 44.0 Å².